The van der Waals surface area contributed by atoms with Crippen LogP contribution in [0, 0.1) is 11.3 Å². The zero-order chi connectivity index (χ0) is 11.9. The van der Waals surface area contributed by atoms with Gasteiger partial charge in [0.15, 0.2) is 0 Å². The summed E-state index contributed by atoms with van der Waals surface area (Å²) >= 11 is 2.01. The Bertz CT molecular complexity index is 397. The molecule has 1 saturated heterocycles. The number of rotatable bonds is 4. The summed E-state index contributed by atoms with van der Waals surface area (Å²) in [6.07, 6.45) is 0. The van der Waals surface area contributed by atoms with Crippen LogP contribution in [-0.4, -0.2) is 42.6 Å². The van der Waals surface area contributed by atoms with E-state index in [2.05, 4.69) is 11.0 Å². The highest BCUT2D eigenvalue weighted by atomic mass is 32.2. The number of nitrogens with zero attached hydrogens (tertiary/aromatic N) is 2. The third kappa shape index (κ3) is 3.65. The summed E-state index contributed by atoms with van der Waals surface area (Å²) in [4.78, 5) is 2.41. The monoisotopic (exact) mass is 248 g/mol. The van der Waals surface area contributed by atoms with E-state index in [1.165, 1.54) is 11.5 Å². The van der Waals surface area contributed by atoms with Gasteiger partial charge in [0.1, 0.15) is 18.4 Å². The van der Waals surface area contributed by atoms with Gasteiger partial charge in [-0.2, -0.15) is 17.0 Å². The van der Waals surface area contributed by atoms with Gasteiger partial charge < -0.3 is 4.74 Å². The highest BCUT2D eigenvalue weighted by molar-refractivity contribution is 7.99. The summed E-state index contributed by atoms with van der Waals surface area (Å²) < 4.78 is 5.66. The van der Waals surface area contributed by atoms with Crippen LogP contribution in [0.3, 0.4) is 0 Å². The second-order valence-electron chi connectivity index (χ2n) is 3.91. The summed E-state index contributed by atoms with van der Waals surface area (Å²) in [5.41, 5.74) is 0.613. The van der Waals surface area contributed by atoms with E-state index in [1.54, 1.807) is 6.07 Å². The minimum atomic E-state index is 0.613. The lowest BCUT2D eigenvalue weighted by Gasteiger charge is -2.25. The van der Waals surface area contributed by atoms with Crippen LogP contribution in [0.15, 0.2) is 24.3 Å². The Morgan fingerprint density at radius 3 is 2.82 bits per heavy atom. The van der Waals surface area contributed by atoms with Gasteiger partial charge in [-0.05, 0) is 12.1 Å². The molecule has 0 unspecified atom stereocenters. The lowest BCUT2D eigenvalue weighted by Crippen LogP contribution is -2.35. The summed E-state index contributed by atoms with van der Waals surface area (Å²) in [6, 6.07) is 9.53. The highest BCUT2D eigenvalue weighted by Gasteiger charge is 2.10. The van der Waals surface area contributed by atoms with E-state index in [0.29, 0.717) is 17.9 Å². The van der Waals surface area contributed by atoms with Gasteiger partial charge in [0.05, 0.1) is 5.56 Å². The summed E-state index contributed by atoms with van der Waals surface area (Å²) in [5.74, 6) is 3.13. The number of benzene rings is 1. The Balaban J connectivity index is 1.79. The van der Waals surface area contributed by atoms with Crippen molar-refractivity contribution in [2.75, 3.05) is 37.7 Å². The molecule has 0 saturated carbocycles. The number of hydrogen-bond acceptors (Lipinski definition) is 4. The molecule has 1 aliphatic rings. The van der Waals surface area contributed by atoms with E-state index in [-0.39, 0.29) is 0 Å². The van der Waals surface area contributed by atoms with Gasteiger partial charge in [-0.15, -0.1) is 0 Å². The Morgan fingerprint density at radius 1 is 1.29 bits per heavy atom. The van der Waals surface area contributed by atoms with Crippen molar-refractivity contribution in [3.8, 4) is 11.8 Å². The molecule has 4 heteroatoms. The molecule has 1 aromatic rings. The Kier molecular flexibility index (Phi) is 4.72. The normalized spacial score (nSPS) is 16.4. The first-order chi connectivity index (χ1) is 8.40. The molecular formula is C13H16N2OS. The van der Waals surface area contributed by atoms with Gasteiger partial charge in [-0.25, -0.2) is 0 Å². The Morgan fingerprint density at radius 2 is 2.06 bits per heavy atom. The minimum absolute atomic E-state index is 0.613. The predicted octanol–water partition coefficient (Wildman–Crippen LogP) is 1.99. The van der Waals surface area contributed by atoms with Crippen molar-refractivity contribution in [1.29, 1.82) is 5.26 Å². The molecule has 0 spiro atoms. The summed E-state index contributed by atoms with van der Waals surface area (Å²) in [7, 11) is 0. The Hall–Kier alpha value is -1.18. The standard InChI is InChI=1S/C13H16N2OS/c14-11-12-3-1-2-4-13(12)16-8-5-15-6-9-17-10-7-15/h1-4H,5-10H2. The van der Waals surface area contributed by atoms with Gasteiger partial charge in [0, 0.05) is 31.1 Å². The maximum atomic E-state index is 8.92. The van der Waals surface area contributed by atoms with Gasteiger partial charge >= 0.3 is 0 Å². The summed E-state index contributed by atoms with van der Waals surface area (Å²) in [5, 5.41) is 8.92. The molecule has 3 nitrogen and oxygen atoms in total. The smallest absolute Gasteiger partial charge is 0.137 e. The molecule has 0 N–H and O–H groups in total. The fraction of sp³-hybridized carbons (Fsp3) is 0.462. The maximum absolute atomic E-state index is 8.92. The largest absolute Gasteiger partial charge is 0.491 e. The topological polar surface area (TPSA) is 36.3 Å². The van der Waals surface area contributed by atoms with Crippen LogP contribution in [0.1, 0.15) is 5.56 Å². The minimum Gasteiger partial charge on any atom is -0.491 e. The number of para-hydroxylation sites is 1. The van der Waals surface area contributed by atoms with Crippen LogP contribution < -0.4 is 4.74 Å². The van der Waals surface area contributed by atoms with Gasteiger partial charge in [0.2, 0.25) is 0 Å². The molecule has 1 aliphatic heterocycles. The molecule has 1 fully saturated rings. The number of nitriles is 1. The molecule has 17 heavy (non-hydrogen) atoms. The van der Waals surface area contributed by atoms with Crippen molar-refractivity contribution in [2.24, 2.45) is 0 Å². The molecule has 2 rings (SSSR count). The maximum Gasteiger partial charge on any atom is 0.137 e. The fourth-order valence-electron chi connectivity index (χ4n) is 1.79. The van der Waals surface area contributed by atoms with Gasteiger partial charge in [-0.3, -0.25) is 4.90 Å². The van der Waals surface area contributed by atoms with Crippen LogP contribution >= 0.6 is 11.8 Å². The molecule has 0 amide bonds. The second-order valence-corrected chi connectivity index (χ2v) is 5.14. The number of hydrogen-bond donors (Lipinski definition) is 0. The van der Waals surface area contributed by atoms with Crippen molar-refractivity contribution >= 4 is 11.8 Å². The predicted molar refractivity (Wildman–Crippen MR) is 70.4 cm³/mol. The van der Waals surface area contributed by atoms with Crippen LogP contribution in [0.4, 0.5) is 0 Å². The third-order valence-corrected chi connectivity index (χ3v) is 3.72. The van der Waals surface area contributed by atoms with Crippen molar-refractivity contribution in [2.45, 2.75) is 0 Å². The molecule has 0 aliphatic carbocycles. The van der Waals surface area contributed by atoms with Crippen molar-refractivity contribution in [1.82, 2.24) is 4.90 Å². The van der Waals surface area contributed by atoms with Crippen LogP contribution in [0.5, 0.6) is 5.75 Å². The highest BCUT2D eigenvalue weighted by Crippen LogP contribution is 2.16. The van der Waals surface area contributed by atoms with Crippen LogP contribution in [0.2, 0.25) is 0 Å². The first-order valence-electron chi connectivity index (χ1n) is 5.82. The fourth-order valence-corrected chi connectivity index (χ4v) is 2.77. The van der Waals surface area contributed by atoms with Crippen molar-refractivity contribution < 1.29 is 4.74 Å². The molecule has 0 atom stereocenters. The van der Waals surface area contributed by atoms with Gasteiger partial charge in [-0.1, -0.05) is 12.1 Å². The van der Waals surface area contributed by atoms with E-state index in [4.69, 9.17) is 10.00 Å². The average molecular weight is 248 g/mol. The lowest BCUT2D eigenvalue weighted by molar-refractivity contribution is 0.222. The summed E-state index contributed by atoms with van der Waals surface area (Å²) in [6.45, 7) is 3.89. The first kappa shape index (κ1) is 12.3. The third-order valence-electron chi connectivity index (χ3n) is 2.78. The van der Waals surface area contributed by atoms with Crippen molar-refractivity contribution in [3.63, 3.8) is 0 Å². The molecule has 0 aromatic heterocycles. The molecule has 1 aromatic carbocycles. The number of thioether (sulfide) groups is 1. The molecule has 0 radical (unpaired) electrons. The zero-order valence-corrected chi connectivity index (χ0v) is 10.6. The van der Waals surface area contributed by atoms with Gasteiger partial charge in [0.25, 0.3) is 0 Å². The van der Waals surface area contributed by atoms with E-state index < -0.39 is 0 Å². The van der Waals surface area contributed by atoms with E-state index in [9.17, 15) is 0 Å². The number of ether oxygens (including phenoxy) is 1. The zero-order valence-electron chi connectivity index (χ0n) is 9.76. The van der Waals surface area contributed by atoms with E-state index in [1.807, 2.05) is 30.0 Å². The molecule has 90 valence electrons. The SMILES string of the molecule is N#Cc1ccccc1OCCN1CCSCC1. The average Bonchev–Trinajstić information content (AvgIpc) is 2.40. The van der Waals surface area contributed by atoms with Crippen LogP contribution in [-0.2, 0) is 0 Å². The van der Waals surface area contributed by atoms with E-state index >= 15 is 0 Å². The van der Waals surface area contributed by atoms with E-state index in [0.717, 1.165) is 19.6 Å². The second kappa shape index (κ2) is 6.53. The molecule has 1 heterocycles. The van der Waals surface area contributed by atoms with Crippen LogP contribution in [0.25, 0.3) is 0 Å². The first-order valence-corrected chi connectivity index (χ1v) is 6.97. The molecule has 0 bridgehead atoms. The van der Waals surface area contributed by atoms with Crippen molar-refractivity contribution in [3.05, 3.63) is 29.8 Å². The lowest BCUT2D eigenvalue weighted by atomic mass is 10.2. The quantitative estimate of drug-likeness (QED) is 0.816. The Labute approximate surface area is 106 Å². The molecular weight excluding hydrogens is 232 g/mol.